The van der Waals surface area contributed by atoms with Gasteiger partial charge in [-0.3, -0.25) is 25.4 Å². The van der Waals surface area contributed by atoms with Crippen molar-refractivity contribution >= 4 is 23.4 Å². The van der Waals surface area contributed by atoms with Crippen molar-refractivity contribution in [3.05, 3.63) is 83.5 Å². The molecule has 5 rings (SSSR count). The number of carbonyl (C=O) groups is 1. The van der Waals surface area contributed by atoms with E-state index in [-0.39, 0.29) is 42.3 Å². The number of benzene rings is 1. The van der Waals surface area contributed by atoms with Crippen LogP contribution in [0.4, 0.5) is 10.5 Å². The highest BCUT2D eigenvalue weighted by Gasteiger charge is 2.31. The first-order chi connectivity index (χ1) is 22.7. The number of carbonyl (C=O) groups excluding carboxylic acids is 1. The molecule has 1 aliphatic heterocycles. The fraction of sp³-hybridized carbons (Fsp3) is 0.441. The molecule has 7 N–H and O–H groups in total. The van der Waals surface area contributed by atoms with Crippen molar-refractivity contribution < 1.29 is 14.6 Å². The van der Waals surface area contributed by atoms with E-state index >= 15 is 0 Å². The second kappa shape index (κ2) is 15.1. The van der Waals surface area contributed by atoms with Gasteiger partial charge in [-0.25, -0.2) is 4.79 Å². The van der Waals surface area contributed by atoms with E-state index in [0.717, 1.165) is 30.4 Å². The summed E-state index contributed by atoms with van der Waals surface area (Å²) in [5, 5.41) is 48.1. The SMILES string of the molecule is CCC(=N)/C=C(/NC(=O)NC1CCC(Oc2ccc(=N)n(C(=N)N3C(C)CCCC3C)c2)c2ccccc21)Nc1cnn(CCO)c1. The molecular weight excluding hydrogens is 596 g/mol. The number of urea groups is 1. The third kappa shape index (κ3) is 8.09. The van der Waals surface area contributed by atoms with Gasteiger partial charge in [0.15, 0.2) is 0 Å². The summed E-state index contributed by atoms with van der Waals surface area (Å²) in [5.41, 5.74) is 3.11. The maximum absolute atomic E-state index is 13.3. The van der Waals surface area contributed by atoms with Gasteiger partial charge in [0.05, 0.1) is 37.3 Å². The van der Waals surface area contributed by atoms with Crippen LogP contribution in [-0.4, -0.2) is 60.7 Å². The number of aliphatic hydroxyl groups excluding tert-OH is 1. The first kappa shape index (κ1) is 33.5. The van der Waals surface area contributed by atoms with Gasteiger partial charge in [0.2, 0.25) is 5.96 Å². The van der Waals surface area contributed by atoms with Crippen LogP contribution < -0.4 is 26.2 Å². The lowest BCUT2D eigenvalue weighted by Crippen LogP contribution is -2.51. The molecule has 2 amide bonds. The molecule has 13 nitrogen and oxygen atoms in total. The number of anilines is 1. The Bertz CT molecular complexity index is 1670. The maximum Gasteiger partial charge on any atom is 0.320 e. The summed E-state index contributed by atoms with van der Waals surface area (Å²) in [6.45, 7) is 6.45. The predicted molar refractivity (Wildman–Crippen MR) is 181 cm³/mol. The van der Waals surface area contributed by atoms with Gasteiger partial charge >= 0.3 is 6.03 Å². The lowest BCUT2D eigenvalue weighted by atomic mass is 9.85. The molecule has 2 aliphatic rings. The monoisotopic (exact) mass is 642 g/mol. The summed E-state index contributed by atoms with van der Waals surface area (Å²) >= 11 is 0. The van der Waals surface area contributed by atoms with Crippen LogP contribution >= 0.6 is 0 Å². The molecule has 1 fully saturated rings. The van der Waals surface area contributed by atoms with Crippen LogP contribution in [0.1, 0.15) is 82.6 Å². The molecule has 0 radical (unpaired) electrons. The van der Waals surface area contributed by atoms with Gasteiger partial charge in [-0.05, 0) is 81.7 Å². The smallest absolute Gasteiger partial charge is 0.320 e. The molecule has 13 heteroatoms. The van der Waals surface area contributed by atoms with Gasteiger partial charge in [0.25, 0.3) is 0 Å². The molecule has 47 heavy (non-hydrogen) atoms. The van der Waals surface area contributed by atoms with E-state index in [1.54, 1.807) is 46.0 Å². The van der Waals surface area contributed by atoms with E-state index in [9.17, 15) is 9.90 Å². The molecule has 1 aliphatic carbocycles. The van der Waals surface area contributed by atoms with Gasteiger partial charge in [0, 0.05) is 24.0 Å². The number of rotatable bonds is 10. The predicted octanol–water partition coefficient (Wildman–Crippen LogP) is 4.84. The van der Waals surface area contributed by atoms with E-state index in [4.69, 9.17) is 21.0 Å². The number of nitrogens with one attached hydrogen (secondary N) is 6. The van der Waals surface area contributed by atoms with E-state index in [1.165, 1.54) is 0 Å². The number of nitrogens with zero attached hydrogens (tertiary/aromatic N) is 4. The fourth-order valence-electron chi connectivity index (χ4n) is 6.38. The number of hydrogen-bond acceptors (Lipinski definition) is 8. The van der Waals surface area contributed by atoms with Crippen LogP contribution in [0.5, 0.6) is 5.75 Å². The quantitative estimate of drug-likeness (QED) is 0.123. The Labute approximate surface area is 275 Å². The summed E-state index contributed by atoms with van der Waals surface area (Å²) in [7, 11) is 0. The van der Waals surface area contributed by atoms with Crippen molar-refractivity contribution in [1.29, 1.82) is 16.2 Å². The molecule has 3 heterocycles. The fourth-order valence-corrected chi connectivity index (χ4v) is 6.38. The van der Waals surface area contributed by atoms with E-state index in [2.05, 4.69) is 39.8 Å². The largest absolute Gasteiger partial charge is 0.484 e. The third-order valence-corrected chi connectivity index (χ3v) is 8.80. The van der Waals surface area contributed by atoms with Crippen molar-refractivity contribution in [3.8, 4) is 5.75 Å². The number of piperidine rings is 1. The maximum atomic E-state index is 13.3. The third-order valence-electron chi connectivity index (χ3n) is 8.80. The topological polar surface area (TPSA) is 180 Å². The Morgan fingerprint density at radius 3 is 2.53 bits per heavy atom. The van der Waals surface area contributed by atoms with Crippen molar-refractivity contribution in [1.82, 2.24) is 29.9 Å². The number of pyridine rings is 1. The number of amides is 2. The van der Waals surface area contributed by atoms with Crippen LogP contribution in [0.15, 0.2) is 66.9 Å². The van der Waals surface area contributed by atoms with Crippen LogP contribution in [-0.2, 0) is 6.54 Å². The summed E-state index contributed by atoms with van der Waals surface area (Å²) in [4.78, 5) is 15.4. The molecule has 0 bridgehead atoms. The summed E-state index contributed by atoms with van der Waals surface area (Å²) in [5.74, 6) is 1.21. The van der Waals surface area contributed by atoms with Gasteiger partial charge < -0.3 is 30.8 Å². The summed E-state index contributed by atoms with van der Waals surface area (Å²) in [6.07, 6.45) is 11.3. The lowest BCUT2D eigenvalue weighted by molar-refractivity contribution is 0.169. The minimum atomic E-state index is -0.415. The number of aliphatic hydroxyl groups is 1. The number of ether oxygens (including phenoxy) is 1. The molecule has 1 saturated heterocycles. The highest BCUT2D eigenvalue weighted by Crippen LogP contribution is 2.38. The number of likely N-dealkylation sites (tertiary alicyclic amines) is 1. The number of allylic oxidation sites excluding steroid dienone is 1. The second-order valence-corrected chi connectivity index (χ2v) is 12.2. The van der Waals surface area contributed by atoms with E-state index in [1.807, 2.05) is 31.2 Å². The van der Waals surface area contributed by atoms with Crippen molar-refractivity contribution in [2.75, 3.05) is 11.9 Å². The molecule has 250 valence electrons. The van der Waals surface area contributed by atoms with Crippen molar-refractivity contribution in [3.63, 3.8) is 0 Å². The van der Waals surface area contributed by atoms with Crippen LogP contribution in [0.25, 0.3) is 0 Å². The molecule has 3 aromatic rings. The Balaban J connectivity index is 1.28. The van der Waals surface area contributed by atoms with E-state index in [0.29, 0.717) is 48.8 Å². The first-order valence-corrected chi connectivity index (χ1v) is 16.3. The van der Waals surface area contributed by atoms with Gasteiger partial charge in [-0.2, -0.15) is 5.10 Å². The zero-order valence-corrected chi connectivity index (χ0v) is 27.3. The van der Waals surface area contributed by atoms with Gasteiger partial charge in [-0.15, -0.1) is 0 Å². The number of fused-ring (bicyclic) bond motifs is 1. The zero-order valence-electron chi connectivity index (χ0n) is 27.3. The Morgan fingerprint density at radius 2 is 1.81 bits per heavy atom. The van der Waals surface area contributed by atoms with Crippen LogP contribution in [0, 0.1) is 16.2 Å². The molecule has 0 saturated carbocycles. The molecule has 4 unspecified atom stereocenters. The second-order valence-electron chi connectivity index (χ2n) is 12.2. The average Bonchev–Trinajstić information content (AvgIpc) is 3.49. The van der Waals surface area contributed by atoms with Crippen LogP contribution in [0.3, 0.4) is 0 Å². The van der Waals surface area contributed by atoms with Gasteiger partial charge in [0.1, 0.15) is 23.2 Å². The molecule has 2 aromatic heterocycles. The Morgan fingerprint density at radius 1 is 1.06 bits per heavy atom. The van der Waals surface area contributed by atoms with Gasteiger partial charge in [-0.1, -0.05) is 31.2 Å². The number of aromatic nitrogens is 3. The molecule has 0 spiro atoms. The minimum Gasteiger partial charge on any atom is -0.484 e. The van der Waals surface area contributed by atoms with E-state index < -0.39 is 6.03 Å². The first-order valence-electron chi connectivity index (χ1n) is 16.3. The number of hydrogen-bond donors (Lipinski definition) is 7. The highest BCUT2D eigenvalue weighted by molar-refractivity contribution is 5.93. The Kier molecular flexibility index (Phi) is 10.8. The normalized spacial score (nSPS) is 21.0. The van der Waals surface area contributed by atoms with Crippen LogP contribution in [0.2, 0.25) is 0 Å². The molecular formula is C34H46N10O3. The highest BCUT2D eigenvalue weighted by atomic mass is 16.5. The Hall–Kier alpha value is -4.91. The summed E-state index contributed by atoms with van der Waals surface area (Å²) in [6, 6.07) is 11.1. The average molecular weight is 643 g/mol. The lowest BCUT2D eigenvalue weighted by Gasteiger charge is -2.41. The van der Waals surface area contributed by atoms with Crippen molar-refractivity contribution in [2.45, 2.75) is 90.1 Å². The minimum absolute atomic E-state index is 0.0424. The summed E-state index contributed by atoms with van der Waals surface area (Å²) < 4.78 is 9.69. The zero-order chi connectivity index (χ0) is 33.5. The molecule has 4 atom stereocenters. The van der Waals surface area contributed by atoms with Crippen molar-refractivity contribution in [2.24, 2.45) is 0 Å². The standard InChI is InChI=1S/C34H46N10O3/c1-4-24(35)18-32(39-25-19-38-42(20-25)16-17-45)41-34(46)40-29-13-14-30(28-11-6-5-10-27(28)29)47-26-12-15-31(36)43(21-26)33(37)44-22(2)8-7-9-23(44)3/h5-6,10-12,15,18-23,29-30,35-37,39,45H,4,7-9,13-14,16-17H2,1-3H3,(H2,40,41,46)/b32-18+,35-24?,36-31?,37-33?. The molecule has 1 aromatic carbocycles.